The van der Waals surface area contributed by atoms with Crippen molar-refractivity contribution >= 4 is 11.6 Å². The van der Waals surface area contributed by atoms with E-state index in [0.717, 1.165) is 18.6 Å². The first-order chi connectivity index (χ1) is 9.83. The monoisotopic (exact) mass is 303 g/mol. The molecule has 0 aliphatic heterocycles. The Morgan fingerprint density at radius 3 is 2.52 bits per heavy atom. The molecule has 4 nitrogen and oxygen atoms in total. The summed E-state index contributed by atoms with van der Waals surface area (Å²) in [5, 5.41) is 2.50. The number of nitrogens with one attached hydrogen (secondary N) is 1. The molecule has 21 heavy (non-hydrogen) atoms. The van der Waals surface area contributed by atoms with E-state index >= 15 is 0 Å². The van der Waals surface area contributed by atoms with E-state index in [-0.39, 0.29) is 19.0 Å². The summed E-state index contributed by atoms with van der Waals surface area (Å²) in [4.78, 5) is 13.3. The Balaban J connectivity index is 3.15. The molecule has 0 aromatic heterocycles. The van der Waals surface area contributed by atoms with Gasteiger partial charge in [0.15, 0.2) is 0 Å². The molecule has 0 atom stereocenters. The fourth-order valence-corrected chi connectivity index (χ4v) is 2.04. The van der Waals surface area contributed by atoms with Crippen molar-refractivity contribution in [1.82, 2.24) is 5.32 Å². The van der Waals surface area contributed by atoms with Crippen LogP contribution >= 0.6 is 0 Å². The molecular formula is C14H20F3N3O. The average Bonchev–Trinajstić information content (AvgIpc) is 2.45. The minimum absolute atomic E-state index is 0.0206. The Morgan fingerprint density at radius 1 is 1.38 bits per heavy atom. The highest BCUT2D eigenvalue weighted by Crippen LogP contribution is 2.32. The maximum absolute atomic E-state index is 12.7. The van der Waals surface area contributed by atoms with Gasteiger partial charge in [-0.05, 0) is 30.2 Å². The normalized spacial score (nSPS) is 11.3. The molecule has 0 unspecified atom stereocenters. The van der Waals surface area contributed by atoms with E-state index in [0.29, 0.717) is 17.8 Å². The van der Waals surface area contributed by atoms with Gasteiger partial charge >= 0.3 is 6.18 Å². The first-order valence-electron chi connectivity index (χ1n) is 6.69. The highest BCUT2D eigenvalue weighted by atomic mass is 19.4. The Bertz CT molecular complexity index is 489. The van der Waals surface area contributed by atoms with Crippen molar-refractivity contribution in [3.05, 3.63) is 29.3 Å². The Kier molecular flexibility index (Phi) is 6.02. The predicted octanol–water partition coefficient (Wildman–Crippen LogP) is 2.13. The summed E-state index contributed by atoms with van der Waals surface area (Å²) >= 11 is 0. The number of hydrogen-bond donors (Lipinski definition) is 2. The maximum atomic E-state index is 12.7. The second-order valence-corrected chi connectivity index (χ2v) is 4.64. The van der Waals surface area contributed by atoms with Gasteiger partial charge in [-0.15, -0.1) is 0 Å². The molecule has 7 heteroatoms. The quantitative estimate of drug-likeness (QED) is 0.846. The van der Waals surface area contributed by atoms with Gasteiger partial charge in [-0.3, -0.25) is 4.79 Å². The number of alkyl halides is 3. The van der Waals surface area contributed by atoms with Crippen molar-refractivity contribution in [2.75, 3.05) is 25.0 Å². The molecule has 0 saturated carbocycles. The molecule has 0 spiro atoms. The van der Waals surface area contributed by atoms with E-state index in [1.807, 2.05) is 6.92 Å². The molecule has 0 aliphatic carbocycles. The molecule has 118 valence electrons. The number of anilines is 1. The molecule has 0 heterocycles. The van der Waals surface area contributed by atoms with Crippen LogP contribution in [-0.2, 0) is 17.5 Å². The summed E-state index contributed by atoms with van der Waals surface area (Å²) in [5.41, 5.74) is 5.77. The number of rotatable bonds is 6. The third-order valence-electron chi connectivity index (χ3n) is 3.07. The zero-order chi connectivity index (χ0) is 16.0. The summed E-state index contributed by atoms with van der Waals surface area (Å²) in [6.07, 6.45) is -3.64. The predicted molar refractivity (Wildman–Crippen MR) is 75.9 cm³/mol. The fraction of sp³-hybridized carbons (Fsp3) is 0.500. The van der Waals surface area contributed by atoms with Crippen LogP contribution in [0.15, 0.2) is 18.2 Å². The molecule has 1 amide bonds. The summed E-state index contributed by atoms with van der Waals surface area (Å²) in [6, 6.07) is 3.44. The van der Waals surface area contributed by atoms with Crippen LogP contribution in [0.4, 0.5) is 18.9 Å². The third kappa shape index (κ3) is 4.63. The zero-order valence-corrected chi connectivity index (χ0v) is 12.1. The van der Waals surface area contributed by atoms with Crippen molar-refractivity contribution in [3.63, 3.8) is 0 Å². The van der Waals surface area contributed by atoms with Crippen LogP contribution in [0.25, 0.3) is 0 Å². The summed E-state index contributed by atoms with van der Waals surface area (Å²) in [7, 11) is 1.52. The van der Waals surface area contributed by atoms with Gasteiger partial charge in [0.25, 0.3) is 0 Å². The van der Waals surface area contributed by atoms with E-state index in [1.165, 1.54) is 13.1 Å². The van der Waals surface area contributed by atoms with Gasteiger partial charge in [-0.1, -0.05) is 6.92 Å². The van der Waals surface area contributed by atoms with E-state index in [9.17, 15) is 18.0 Å². The van der Waals surface area contributed by atoms with Gasteiger partial charge in [-0.2, -0.15) is 13.2 Å². The summed E-state index contributed by atoms with van der Waals surface area (Å²) < 4.78 is 38.2. The number of hydrogen-bond acceptors (Lipinski definition) is 3. The highest BCUT2D eigenvalue weighted by Gasteiger charge is 2.31. The second kappa shape index (κ2) is 7.31. The largest absolute Gasteiger partial charge is 0.416 e. The number of halogens is 3. The number of likely N-dealkylation sites (N-methyl/N-ethyl adjacent to an activating group) is 1. The molecule has 1 aromatic rings. The number of benzene rings is 1. The van der Waals surface area contributed by atoms with E-state index in [4.69, 9.17) is 5.73 Å². The topological polar surface area (TPSA) is 58.4 Å². The molecule has 0 radical (unpaired) electrons. The van der Waals surface area contributed by atoms with Crippen LogP contribution < -0.4 is 16.0 Å². The lowest BCUT2D eigenvalue weighted by atomic mass is 10.1. The lowest BCUT2D eigenvalue weighted by Gasteiger charge is -2.26. The van der Waals surface area contributed by atoms with Crippen LogP contribution in [0.2, 0.25) is 0 Å². The van der Waals surface area contributed by atoms with Gasteiger partial charge in [-0.25, -0.2) is 0 Å². The van der Waals surface area contributed by atoms with Gasteiger partial charge in [0.05, 0.1) is 12.1 Å². The molecule has 1 aromatic carbocycles. The van der Waals surface area contributed by atoms with Crippen molar-refractivity contribution < 1.29 is 18.0 Å². The van der Waals surface area contributed by atoms with E-state index in [2.05, 4.69) is 5.32 Å². The second-order valence-electron chi connectivity index (χ2n) is 4.64. The third-order valence-corrected chi connectivity index (χ3v) is 3.07. The standard InChI is InChI=1S/C14H20F3N3O/c1-3-6-20(9-13(21)19-2)12-5-4-11(14(15,16)17)7-10(12)8-18/h4-5,7H,3,6,8-9,18H2,1-2H3,(H,19,21). The van der Waals surface area contributed by atoms with E-state index < -0.39 is 11.7 Å². The fourth-order valence-electron chi connectivity index (χ4n) is 2.04. The van der Waals surface area contributed by atoms with Crippen LogP contribution in [0.3, 0.4) is 0 Å². The van der Waals surface area contributed by atoms with Crippen LogP contribution in [0.5, 0.6) is 0 Å². The van der Waals surface area contributed by atoms with Gasteiger partial charge in [0.2, 0.25) is 5.91 Å². The zero-order valence-electron chi connectivity index (χ0n) is 12.1. The first-order valence-corrected chi connectivity index (χ1v) is 6.69. The average molecular weight is 303 g/mol. The smallest absolute Gasteiger partial charge is 0.362 e. The summed E-state index contributed by atoms with van der Waals surface area (Å²) in [6.45, 7) is 2.56. The molecule has 0 aliphatic rings. The minimum atomic E-state index is -4.40. The number of nitrogens with zero attached hydrogens (tertiary/aromatic N) is 1. The van der Waals surface area contributed by atoms with Crippen molar-refractivity contribution in [3.8, 4) is 0 Å². The van der Waals surface area contributed by atoms with Gasteiger partial charge in [0, 0.05) is 25.8 Å². The van der Waals surface area contributed by atoms with Gasteiger partial charge < -0.3 is 16.0 Å². The molecule has 3 N–H and O–H groups in total. The lowest BCUT2D eigenvalue weighted by molar-refractivity contribution is -0.137. The van der Waals surface area contributed by atoms with Crippen molar-refractivity contribution in [2.24, 2.45) is 5.73 Å². The number of nitrogens with two attached hydrogens (primary N) is 1. The Hall–Kier alpha value is -1.76. The van der Waals surface area contributed by atoms with Crippen LogP contribution in [0, 0.1) is 0 Å². The first kappa shape index (κ1) is 17.3. The number of carbonyl (C=O) groups is 1. The molecular weight excluding hydrogens is 283 g/mol. The maximum Gasteiger partial charge on any atom is 0.416 e. The van der Waals surface area contributed by atoms with E-state index in [1.54, 1.807) is 4.90 Å². The van der Waals surface area contributed by atoms with Crippen LogP contribution in [0.1, 0.15) is 24.5 Å². The summed E-state index contributed by atoms with van der Waals surface area (Å²) in [5.74, 6) is -0.202. The SMILES string of the molecule is CCCN(CC(=O)NC)c1ccc(C(F)(F)F)cc1CN. The van der Waals surface area contributed by atoms with Crippen LogP contribution in [-0.4, -0.2) is 26.0 Å². The molecule has 0 bridgehead atoms. The highest BCUT2D eigenvalue weighted by molar-refractivity contribution is 5.81. The Labute approximate surface area is 122 Å². The Morgan fingerprint density at radius 2 is 2.05 bits per heavy atom. The minimum Gasteiger partial charge on any atom is -0.362 e. The molecule has 0 fully saturated rings. The number of amides is 1. The molecule has 1 rings (SSSR count). The number of carbonyl (C=O) groups excluding carboxylic acids is 1. The lowest BCUT2D eigenvalue weighted by Crippen LogP contribution is -2.36. The van der Waals surface area contributed by atoms with Gasteiger partial charge in [0.1, 0.15) is 0 Å². The van der Waals surface area contributed by atoms with Crippen molar-refractivity contribution in [2.45, 2.75) is 26.1 Å². The van der Waals surface area contributed by atoms with Crippen molar-refractivity contribution in [1.29, 1.82) is 0 Å². The molecule has 0 saturated heterocycles.